The maximum atomic E-state index is 12.3. The first-order valence-electron chi connectivity index (χ1n) is 8.99. The van der Waals surface area contributed by atoms with E-state index in [2.05, 4.69) is 17.2 Å². The van der Waals surface area contributed by atoms with Crippen LogP contribution in [0.25, 0.3) is 17.1 Å². The highest BCUT2D eigenvalue weighted by molar-refractivity contribution is 6.02. The molecule has 0 spiro atoms. The molecule has 1 N–H and O–H groups in total. The van der Waals surface area contributed by atoms with Gasteiger partial charge in [0.1, 0.15) is 17.2 Å². The summed E-state index contributed by atoms with van der Waals surface area (Å²) in [6.07, 6.45) is 5.51. The lowest BCUT2D eigenvalue weighted by Crippen LogP contribution is -2.37. The fourth-order valence-corrected chi connectivity index (χ4v) is 3.25. The molecule has 1 saturated carbocycles. The fraction of sp³-hybridized carbons (Fsp3) is 0.300. The second-order valence-corrected chi connectivity index (χ2v) is 7.18. The maximum Gasteiger partial charge on any atom is 0.332 e. The number of nitrogens with one attached hydrogen (secondary N) is 1. The van der Waals surface area contributed by atoms with Crippen molar-refractivity contribution in [1.29, 1.82) is 0 Å². The molecule has 0 radical (unpaired) electrons. The Labute approximate surface area is 160 Å². The molecule has 2 unspecified atom stereocenters. The first-order chi connectivity index (χ1) is 13.3. The van der Waals surface area contributed by atoms with Gasteiger partial charge in [0.2, 0.25) is 5.91 Å². The molecular formula is C20H20N4O4. The van der Waals surface area contributed by atoms with Gasteiger partial charge in [-0.05, 0) is 36.6 Å². The molecule has 1 aliphatic carbocycles. The van der Waals surface area contributed by atoms with Crippen LogP contribution < -0.4 is 16.6 Å². The Kier molecular flexibility index (Phi) is 4.26. The van der Waals surface area contributed by atoms with Crippen LogP contribution in [-0.4, -0.2) is 20.0 Å². The number of pyridine rings is 1. The standard InChI is InChI=1S/C20H20N4O4/c1-11-8-14(11)16-6-4-13(28-16)5-7-17(25)22-12-9-15-18(21-10-12)23(2)20(27)24(3)19(15)26/h4-7,9-11,14H,8H2,1-3H3,(H,22,25)/b7-5+. The van der Waals surface area contributed by atoms with Crippen LogP contribution in [0.1, 0.15) is 30.8 Å². The molecule has 1 fully saturated rings. The average Bonchev–Trinajstić information content (AvgIpc) is 3.22. The number of furan rings is 1. The SMILES string of the molecule is CC1CC1c1ccc(/C=C/C(=O)Nc2cnc3c(c2)c(=O)n(C)c(=O)n3C)o1. The van der Waals surface area contributed by atoms with Crippen LogP contribution in [0.4, 0.5) is 5.69 Å². The molecule has 8 heteroatoms. The van der Waals surface area contributed by atoms with Crippen molar-refractivity contribution in [2.24, 2.45) is 20.0 Å². The average molecular weight is 380 g/mol. The second kappa shape index (κ2) is 6.63. The summed E-state index contributed by atoms with van der Waals surface area (Å²) in [4.78, 5) is 40.6. The van der Waals surface area contributed by atoms with E-state index in [0.29, 0.717) is 23.3 Å². The summed E-state index contributed by atoms with van der Waals surface area (Å²) in [5, 5.41) is 2.92. The third-order valence-electron chi connectivity index (χ3n) is 5.08. The van der Waals surface area contributed by atoms with Crippen molar-refractivity contribution in [3.8, 4) is 0 Å². The number of aryl methyl sites for hydroxylation is 1. The number of anilines is 1. The molecule has 144 valence electrons. The highest BCUT2D eigenvalue weighted by atomic mass is 16.3. The molecule has 0 aromatic carbocycles. The molecule has 3 heterocycles. The number of rotatable bonds is 4. The summed E-state index contributed by atoms with van der Waals surface area (Å²) >= 11 is 0. The third-order valence-corrected chi connectivity index (χ3v) is 5.08. The lowest BCUT2D eigenvalue weighted by molar-refractivity contribution is -0.111. The summed E-state index contributed by atoms with van der Waals surface area (Å²) in [6, 6.07) is 5.29. The molecule has 28 heavy (non-hydrogen) atoms. The van der Waals surface area contributed by atoms with Crippen LogP contribution in [-0.2, 0) is 18.9 Å². The molecule has 0 bridgehead atoms. The molecule has 8 nitrogen and oxygen atoms in total. The van der Waals surface area contributed by atoms with Gasteiger partial charge in [-0.1, -0.05) is 6.92 Å². The van der Waals surface area contributed by atoms with Crippen molar-refractivity contribution in [3.63, 3.8) is 0 Å². The number of amides is 1. The van der Waals surface area contributed by atoms with Gasteiger partial charge in [0.15, 0.2) is 0 Å². The zero-order valence-electron chi connectivity index (χ0n) is 15.8. The number of hydrogen-bond donors (Lipinski definition) is 1. The molecule has 0 saturated heterocycles. The van der Waals surface area contributed by atoms with Gasteiger partial charge in [-0.25, -0.2) is 9.78 Å². The Morgan fingerprint density at radius 2 is 2.04 bits per heavy atom. The van der Waals surface area contributed by atoms with E-state index in [4.69, 9.17) is 4.42 Å². The van der Waals surface area contributed by atoms with E-state index in [1.165, 1.54) is 37.0 Å². The van der Waals surface area contributed by atoms with Gasteiger partial charge in [-0.15, -0.1) is 0 Å². The summed E-state index contributed by atoms with van der Waals surface area (Å²) in [5.41, 5.74) is -0.290. The monoisotopic (exact) mass is 380 g/mol. The minimum absolute atomic E-state index is 0.251. The molecule has 3 aromatic heterocycles. The number of aromatic nitrogens is 3. The molecule has 1 amide bonds. The van der Waals surface area contributed by atoms with Crippen LogP contribution >= 0.6 is 0 Å². The van der Waals surface area contributed by atoms with Gasteiger partial charge in [0.05, 0.1) is 17.3 Å². The lowest BCUT2D eigenvalue weighted by atomic mass is 10.3. The van der Waals surface area contributed by atoms with Gasteiger partial charge >= 0.3 is 5.69 Å². The van der Waals surface area contributed by atoms with Gasteiger partial charge in [0.25, 0.3) is 5.56 Å². The van der Waals surface area contributed by atoms with Gasteiger partial charge in [-0.3, -0.25) is 18.7 Å². The predicted molar refractivity (Wildman–Crippen MR) is 105 cm³/mol. The first kappa shape index (κ1) is 18.0. The molecule has 4 rings (SSSR count). The Hall–Kier alpha value is -3.42. The van der Waals surface area contributed by atoms with Crippen LogP contribution in [0.2, 0.25) is 0 Å². The molecule has 2 atom stereocenters. The molecule has 0 aliphatic heterocycles. The number of carbonyl (C=O) groups excluding carboxylic acids is 1. The third kappa shape index (κ3) is 3.17. The predicted octanol–water partition coefficient (Wildman–Crippen LogP) is 2.00. The van der Waals surface area contributed by atoms with Crippen molar-refractivity contribution in [1.82, 2.24) is 14.1 Å². The second-order valence-electron chi connectivity index (χ2n) is 7.18. The summed E-state index contributed by atoms with van der Waals surface area (Å²) in [5.74, 6) is 2.33. The van der Waals surface area contributed by atoms with E-state index < -0.39 is 11.2 Å². The normalized spacial score (nSPS) is 18.7. The number of hydrogen-bond acceptors (Lipinski definition) is 5. The van der Waals surface area contributed by atoms with Crippen LogP contribution in [0, 0.1) is 5.92 Å². The van der Waals surface area contributed by atoms with E-state index in [0.717, 1.165) is 16.7 Å². The number of carbonyl (C=O) groups is 1. The Morgan fingerprint density at radius 1 is 1.29 bits per heavy atom. The largest absolute Gasteiger partial charge is 0.461 e. The molecular weight excluding hydrogens is 360 g/mol. The van der Waals surface area contributed by atoms with Gasteiger partial charge in [0, 0.05) is 26.1 Å². The molecule has 3 aromatic rings. The van der Waals surface area contributed by atoms with Crippen molar-refractivity contribution in [2.45, 2.75) is 19.3 Å². The van der Waals surface area contributed by atoms with E-state index in [1.54, 1.807) is 6.08 Å². The summed E-state index contributed by atoms with van der Waals surface area (Å²) in [7, 11) is 2.94. The van der Waals surface area contributed by atoms with Crippen LogP contribution in [0.5, 0.6) is 0 Å². The number of fused-ring (bicyclic) bond motifs is 1. The van der Waals surface area contributed by atoms with E-state index >= 15 is 0 Å². The van der Waals surface area contributed by atoms with Gasteiger partial charge in [-0.2, -0.15) is 0 Å². The lowest BCUT2D eigenvalue weighted by Gasteiger charge is -2.08. The van der Waals surface area contributed by atoms with Crippen LogP contribution in [0.3, 0.4) is 0 Å². The summed E-state index contributed by atoms with van der Waals surface area (Å²) in [6.45, 7) is 2.18. The van der Waals surface area contributed by atoms with Crippen molar-refractivity contribution < 1.29 is 9.21 Å². The maximum absolute atomic E-state index is 12.3. The Bertz CT molecular complexity index is 1230. The van der Waals surface area contributed by atoms with Crippen LogP contribution in [0.15, 0.2) is 44.5 Å². The highest BCUT2D eigenvalue weighted by Crippen LogP contribution is 2.47. The fourth-order valence-electron chi connectivity index (χ4n) is 3.25. The zero-order chi connectivity index (χ0) is 20.0. The molecule has 1 aliphatic rings. The van der Waals surface area contributed by atoms with E-state index in [1.807, 2.05) is 12.1 Å². The number of nitrogens with zero attached hydrogens (tertiary/aromatic N) is 3. The highest BCUT2D eigenvalue weighted by Gasteiger charge is 2.36. The quantitative estimate of drug-likeness (QED) is 0.698. The van der Waals surface area contributed by atoms with Crippen molar-refractivity contribution >= 4 is 28.7 Å². The minimum Gasteiger partial charge on any atom is -0.461 e. The van der Waals surface area contributed by atoms with E-state index in [-0.39, 0.29) is 16.9 Å². The summed E-state index contributed by atoms with van der Waals surface area (Å²) < 4.78 is 8.03. The smallest absolute Gasteiger partial charge is 0.332 e. The van der Waals surface area contributed by atoms with Crippen molar-refractivity contribution in [3.05, 3.63) is 62.8 Å². The van der Waals surface area contributed by atoms with Gasteiger partial charge < -0.3 is 9.73 Å². The minimum atomic E-state index is -0.463. The van der Waals surface area contributed by atoms with E-state index in [9.17, 15) is 14.4 Å². The topological polar surface area (TPSA) is 99.1 Å². The zero-order valence-corrected chi connectivity index (χ0v) is 15.8. The first-order valence-corrected chi connectivity index (χ1v) is 8.99. The Morgan fingerprint density at radius 3 is 2.75 bits per heavy atom. The van der Waals surface area contributed by atoms with Crippen molar-refractivity contribution in [2.75, 3.05) is 5.32 Å². The Balaban J connectivity index is 1.53.